The van der Waals surface area contributed by atoms with E-state index < -0.39 is 0 Å². The number of allylic oxidation sites excluding steroid dienone is 2. The van der Waals surface area contributed by atoms with E-state index in [2.05, 4.69) is 37.3 Å². The van der Waals surface area contributed by atoms with Crippen molar-refractivity contribution in [1.82, 2.24) is 0 Å². The molecule has 2 rings (SSSR count). The summed E-state index contributed by atoms with van der Waals surface area (Å²) in [5, 5.41) is 8.84. The molecule has 0 aromatic heterocycles. The second kappa shape index (κ2) is 12.7. The lowest BCUT2D eigenvalue weighted by molar-refractivity contribution is 0.288. The van der Waals surface area contributed by atoms with E-state index in [1.165, 1.54) is 76.2 Å². The zero-order chi connectivity index (χ0) is 18.5. The highest BCUT2D eigenvalue weighted by Gasteiger charge is 2.18. The monoisotopic (exact) mass is 351 g/mol. The van der Waals surface area contributed by atoms with Crippen LogP contribution in [0.15, 0.2) is 36.4 Å². The highest BCUT2D eigenvalue weighted by molar-refractivity contribution is 5.31. The molecule has 1 heteroatoms. The Morgan fingerprint density at radius 1 is 0.962 bits per heavy atom. The molecule has 0 spiro atoms. The first kappa shape index (κ1) is 20.8. The van der Waals surface area contributed by atoms with Gasteiger partial charge in [-0.3, -0.25) is 0 Å². The van der Waals surface area contributed by atoms with Gasteiger partial charge in [0, 0.05) is 0 Å². The molecule has 0 bridgehead atoms. The molecule has 1 aromatic carbocycles. The van der Waals surface area contributed by atoms with Crippen molar-refractivity contribution in [2.75, 3.05) is 0 Å². The predicted octanol–water partition coefficient (Wildman–Crippen LogP) is 7.60. The first-order valence-corrected chi connectivity index (χ1v) is 11.0. The summed E-state index contributed by atoms with van der Waals surface area (Å²) in [4.78, 5) is 0. The molecule has 0 saturated heterocycles. The van der Waals surface area contributed by atoms with Crippen molar-refractivity contribution in [2.45, 2.75) is 90.4 Å². The zero-order valence-corrected chi connectivity index (χ0v) is 16.8. The minimum Gasteiger partial charge on any atom is -0.192 e. The summed E-state index contributed by atoms with van der Waals surface area (Å²) in [6, 6.07) is 10.2. The number of nitriles is 1. The molecule has 0 amide bonds. The van der Waals surface area contributed by atoms with Crippen LogP contribution in [0.5, 0.6) is 0 Å². The third kappa shape index (κ3) is 8.22. The van der Waals surface area contributed by atoms with Crippen LogP contribution in [-0.2, 0) is 6.42 Å². The fourth-order valence-corrected chi connectivity index (χ4v) is 4.17. The molecular formula is C25H37N. The topological polar surface area (TPSA) is 23.8 Å². The normalized spacial score (nSPS) is 20.3. The highest BCUT2D eigenvalue weighted by Crippen LogP contribution is 2.32. The van der Waals surface area contributed by atoms with E-state index in [4.69, 9.17) is 5.26 Å². The zero-order valence-electron chi connectivity index (χ0n) is 16.8. The number of hydrogen-bond donors (Lipinski definition) is 0. The summed E-state index contributed by atoms with van der Waals surface area (Å²) < 4.78 is 0. The van der Waals surface area contributed by atoms with E-state index in [0.29, 0.717) is 0 Å². The largest absolute Gasteiger partial charge is 0.192 e. The average molecular weight is 352 g/mol. The van der Waals surface area contributed by atoms with Gasteiger partial charge in [0.15, 0.2) is 0 Å². The van der Waals surface area contributed by atoms with Gasteiger partial charge < -0.3 is 0 Å². The molecule has 1 aliphatic rings. The van der Waals surface area contributed by atoms with Crippen LogP contribution in [0, 0.1) is 23.2 Å². The molecule has 142 valence electrons. The van der Waals surface area contributed by atoms with Gasteiger partial charge in [0.05, 0.1) is 11.6 Å². The van der Waals surface area contributed by atoms with Crippen molar-refractivity contribution in [3.05, 3.63) is 47.5 Å². The Morgan fingerprint density at radius 2 is 1.65 bits per heavy atom. The lowest BCUT2D eigenvalue weighted by Crippen LogP contribution is -2.13. The van der Waals surface area contributed by atoms with Gasteiger partial charge in [-0.2, -0.15) is 5.26 Å². The van der Waals surface area contributed by atoms with Crippen LogP contribution in [0.1, 0.15) is 95.1 Å². The number of hydrogen-bond acceptors (Lipinski definition) is 1. The van der Waals surface area contributed by atoms with Crippen LogP contribution in [-0.4, -0.2) is 0 Å². The first-order chi connectivity index (χ1) is 12.8. The third-order valence-electron chi connectivity index (χ3n) is 5.95. The number of benzene rings is 1. The summed E-state index contributed by atoms with van der Waals surface area (Å²) in [7, 11) is 0. The molecule has 0 heterocycles. The third-order valence-corrected chi connectivity index (χ3v) is 5.95. The van der Waals surface area contributed by atoms with E-state index in [1.807, 2.05) is 12.1 Å². The second-order valence-electron chi connectivity index (χ2n) is 8.11. The molecule has 0 aliphatic heterocycles. The highest BCUT2D eigenvalue weighted by atomic mass is 14.2. The van der Waals surface area contributed by atoms with Crippen LogP contribution in [0.25, 0.3) is 0 Å². The van der Waals surface area contributed by atoms with Crippen molar-refractivity contribution in [2.24, 2.45) is 11.8 Å². The maximum absolute atomic E-state index is 8.84. The maximum atomic E-state index is 8.84. The van der Waals surface area contributed by atoms with Crippen molar-refractivity contribution in [3.8, 4) is 6.07 Å². The van der Waals surface area contributed by atoms with E-state index in [-0.39, 0.29) is 0 Å². The minimum absolute atomic E-state index is 0.752. The van der Waals surface area contributed by atoms with E-state index in [9.17, 15) is 0 Å². The van der Waals surface area contributed by atoms with Crippen LogP contribution in [0.3, 0.4) is 0 Å². The fraction of sp³-hybridized carbons (Fsp3) is 0.640. The van der Waals surface area contributed by atoms with E-state index in [1.54, 1.807) is 0 Å². The second-order valence-corrected chi connectivity index (χ2v) is 8.11. The summed E-state index contributed by atoms with van der Waals surface area (Å²) in [6.45, 7) is 2.29. The first-order valence-electron chi connectivity index (χ1n) is 11.0. The van der Waals surface area contributed by atoms with Gasteiger partial charge in [0.1, 0.15) is 0 Å². The summed E-state index contributed by atoms with van der Waals surface area (Å²) in [5.41, 5.74) is 2.08. The molecule has 1 aliphatic carbocycles. The number of aryl methyl sites for hydroxylation is 1. The Kier molecular flexibility index (Phi) is 10.2. The van der Waals surface area contributed by atoms with Crippen molar-refractivity contribution in [1.29, 1.82) is 5.26 Å². The maximum Gasteiger partial charge on any atom is 0.0991 e. The molecule has 0 unspecified atom stereocenters. The van der Waals surface area contributed by atoms with Gasteiger partial charge in [0.2, 0.25) is 0 Å². The molecule has 1 fully saturated rings. The summed E-state index contributed by atoms with van der Waals surface area (Å²) >= 11 is 0. The molecule has 1 nitrogen and oxygen atoms in total. The van der Waals surface area contributed by atoms with E-state index >= 15 is 0 Å². The molecule has 1 aromatic rings. The molecule has 1 saturated carbocycles. The molecular weight excluding hydrogens is 314 g/mol. The lowest BCUT2D eigenvalue weighted by atomic mass is 9.79. The van der Waals surface area contributed by atoms with Gasteiger partial charge in [-0.25, -0.2) is 0 Å². The van der Waals surface area contributed by atoms with Crippen molar-refractivity contribution < 1.29 is 0 Å². The quantitative estimate of drug-likeness (QED) is 0.297. The number of rotatable bonds is 11. The standard InChI is InChI=1S/C25H37N/c1-2-3-4-5-6-7-10-22-13-15-23(16-14-22)11-8-9-12-24-17-19-25(21-26)20-18-24/h8,11,17-20,22-23H,2-7,9-10,12-16H2,1H3/b11-8+/t22-,23-. The smallest absolute Gasteiger partial charge is 0.0991 e. The Hall–Kier alpha value is -1.55. The van der Waals surface area contributed by atoms with Crippen molar-refractivity contribution in [3.63, 3.8) is 0 Å². The van der Waals surface area contributed by atoms with Gasteiger partial charge in [-0.15, -0.1) is 0 Å². The lowest BCUT2D eigenvalue weighted by Gasteiger charge is -2.26. The molecule has 0 radical (unpaired) electrons. The Balaban J connectivity index is 1.53. The van der Waals surface area contributed by atoms with Gasteiger partial charge in [-0.05, 0) is 68.1 Å². The molecule has 0 atom stereocenters. The Bertz CT molecular complexity index is 541. The molecule has 0 N–H and O–H groups in total. The van der Waals surface area contributed by atoms with Crippen molar-refractivity contribution >= 4 is 0 Å². The van der Waals surface area contributed by atoms with Crippen LogP contribution >= 0.6 is 0 Å². The average Bonchev–Trinajstić information content (AvgIpc) is 2.69. The van der Waals surface area contributed by atoms with Crippen LogP contribution in [0.4, 0.5) is 0 Å². The predicted molar refractivity (Wildman–Crippen MR) is 112 cm³/mol. The van der Waals surface area contributed by atoms with Crippen LogP contribution < -0.4 is 0 Å². The van der Waals surface area contributed by atoms with Gasteiger partial charge in [0.25, 0.3) is 0 Å². The van der Waals surface area contributed by atoms with Gasteiger partial charge in [-0.1, -0.05) is 76.2 Å². The van der Waals surface area contributed by atoms with E-state index in [0.717, 1.165) is 30.2 Å². The number of unbranched alkanes of at least 4 members (excludes halogenated alkanes) is 5. The Morgan fingerprint density at radius 3 is 2.35 bits per heavy atom. The SMILES string of the molecule is CCCCCCCC[C@H]1CC[C@H](/C=C/CCc2ccc(C#N)cc2)CC1. The Labute approximate surface area is 161 Å². The fourth-order valence-electron chi connectivity index (χ4n) is 4.17. The summed E-state index contributed by atoms with van der Waals surface area (Å²) in [6.07, 6.45) is 22.8. The summed E-state index contributed by atoms with van der Waals surface area (Å²) in [5.74, 6) is 1.82. The van der Waals surface area contributed by atoms with Gasteiger partial charge >= 0.3 is 0 Å². The number of nitrogens with zero attached hydrogens (tertiary/aromatic N) is 1. The molecule has 26 heavy (non-hydrogen) atoms. The van der Waals surface area contributed by atoms with Crippen LogP contribution in [0.2, 0.25) is 0 Å². The minimum atomic E-state index is 0.752.